The Kier molecular flexibility index (Phi) is 3.96. The number of carbonyl (C=O) groups excluding carboxylic acids is 1. The fourth-order valence-corrected chi connectivity index (χ4v) is 3.96. The molecule has 3 aromatic rings. The first-order chi connectivity index (χ1) is 11.7. The minimum atomic E-state index is -0.0747. The third kappa shape index (κ3) is 2.77. The second-order valence-corrected chi connectivity index (χ2v) is 7.09. The number of carbonyl (C=O) groups is 1. The van der Waals surface area contributed by atoms with Crippen LogP contribution in [0.3, 0.4) is 0 Å². The van der Waals surface area contributed by atoms with Crippen molar-refractivity contribution in [2.24, 2.45) is 0 Å². The maximum absolute atomic E-state index is 12.7. The molecule has 3 nitrogen and oxygen atoms in total. The zero-order valence-corrected chi connectivity index (χ0v) is 14.3. The number of benzene rings is 2. The molecule has 0 saturated carbocycles. The van der Waals surface area contributed by atoms with E-state index in [0.29, 0.717) is 15.8 Å². The van der Waals surface area contributed by atoms with E-state index >= 15 is 0 Å². The monoisotopic (exact) mass is 351 g/mol. The number of amides is 1. The van der Waals surface area contributed by atoms with Gasteiger partial charge in [0.05, 0.1) is 17.7 Å². The molecule has 0 atom stereocenters. The van der Waals surface area contributed by atoms with Crippen LogP contribution >= 0.6 is 24.0 Å². The van der Waals surface area contributed by atoms with Crippen LogP contribution in [0.1, 0.15) is 11.3 Å². The number of furan rings is 1. The average molecular weight is 351 g/mol. The summed E-state index contributed by atoms with van der Waals surface area (Å²) in [4.78, 5) is 14.9. The number of rotatable bonds is 3. The van der Waals surface area contributed by atoms with Gasteiger partial charge in [-0.05, 0) is 34.5 Å². The number of hydrogen-bond acceptors (Lipinski definition) is 4. The maximum Gasteiger partial charge on any atom is 0.266 e. The summed E-state index contributed by atoms with van der Waals surface area (Å²) in [7, 11) is 0. The molecule has 2 heterocycles. The molecule has 1 aliphatic heterocycles. The van der Waals surface area contributed by atoms with E-state index in [1.807, 2.05) is 36.4 Å². The average Bonchev–Trinajstić information content (AvgIpc) is 3.20. The molecule has 0 unspecified atom stereocenters. The third-order valence-corrected chi connectivity index (χ3v) is 5.26. The molecule has 1 amide bonds. The molecule has 1 fully saturated rings. The molecule has 4 rings (SSSR count). The van der Waals surface area contributed by atoms with Gasteiger partial charge in [0.2, 0.25) is 0 Å². The third-order valence-electron chi connectivity index (χ3n) is 3.88. The lowest BCUT2D eigenvalue weighted by Crippen LogP contribution is -2.27. The molecule has 5 heteroatoms. The van der Waals surface area contributed by atoms with Crippen molar-refractivity contribution in [1.82, 2.24) is 4.90 Å². The van der Waals surface area contributed by atoms with Gasteiger partial charge < -0.3 is 4.42 Å². The zero-order valence-electron chi connectivity index (χ0n) is 12.6. The summed E-state index contributed by atoms with van der Waals surface area (Å²) in [6, 6.07) is 17.9. The van der Waals surface area contributed by atoms with Gasteiger partial charge in [0.1, 0.15) is 10.1 Å². The van der Waals surface area contributed by atoms with Crippen molar-refractivity contribution < 1.29 is 9.21 Å². The summed E-state index contributed by atoms with van der Waals surface area (Å²) in [5.74, 6) is 0.645. The van der Waals surface area contributed by atoms with Gasteiger partial charge in [0, 0.05) is 0 Å². The predicted octanol–water partition coefficient (Wildman–Crippen LogP) is 4.83. The zero-order chi connectivity index (χ0) is 16.5. The highest BCUT2D eigenvalue weighted by atomic mass is 32.2. The largest absolute Gasteiger partial charge is 0.467 e. The van der Waals surface area contributed by atoms with E-state index in [4.69, 9.17) is 16.6 Å². The van der Waals surface area contributed by atoms with Gasteiger partial charge >= 0.3 is 0 Å². The molecule has 1 saturated heterocycles. The molecular formula is C19H13NO2S2. The van der Waals surface area contributed by atoms with Crippen LogP contribution in [0, 0.1) is 0 Å². The first kappa shape index (κ1) is 15.2. The Labute approximate surface area is 148 Å². The topological polar surface area (TPSA) is 33.5 Å². The Morgan fingerprint density at radius 2 is 1.92 bits per heavy atom. The highest BCUT2D eigenvalue weighted by molar-refractivity contribution is 8.26. The summed E-state index contributed by atoms with van der Waals surface area (Å²) in [5.41, 5.74) is 1.02. The number of thioether (sulfide) groups is 1. The van der Waals surface area contributed by atoms with E-state index in [2.05, 4.69) is 18.2 Å². The van der Waals surface area contributed by atoms with Crippen LogP contribution in [0.25, 0.3) is 16.8 Å². The quantitative estimate of drug-likeness (QED) is 0.500. The van der Waals surface area contributed by atoms with Gasteiger partial charge in [-0.2, -0.15) is 0 Å². The molecule has 118 valence electrons. The van der Waals surface area contributed by atoms with E-state index < -0.39 is 0 Å². The van der Waals surface area contributed by atoms with E-state index in [1.54, 1.807) is 17.2 Å². The minimum Gasteiger partial charge on any atom is -0.467 e. The number of hydrogen-bond donors (Lipinski definition) is 0. The minimum absolute atomic E-state index is 0.0747. The van der Waals surface area contributed by atoms with Crippen LogP contribution in [0.4, 0.5) is 0 Å². The van der Waals surface area contributed by atoms with Crippen molar-refractivity contribution in [3.63, 3.8) is 0 Å². The van der Waals surface area contributed by atoms with Crippen molar-refractivity contribution in [1.29, 1.82) is 0 Å². The van der Waals surface area contributed by atoms with Gasteiger partial charge in [-0.1, -0.05) is 66.4 Å². The fourth-order valence-electron chi connectivity index (χ4n) is 2.71. The smallest absolute Gasteiger partial charge is 0.266 e. The second kappa shape index (κ2) is 6.26. The van der Waals surface area contributed by atoms with Crippen molar-refractivity contribution in [2.75, 3.05) is 0 Å². The van der Waals surface area contributed by atoms with E-state index in [1.165, 1.54) is 11.8 Å². The Bertz CT molecular complexity index is 955. The van der Waals surface area contributed by atoms with Crippen LogP contribution < -0.4 is 0 Å². The Morgan fingerprint density at radius 1 is 1.08 bits per heavy atom. The van der Waals surface area contributed by atoms with Crippen LogP contribution in [0.2, 0.25) is 0 Å². The molecule has 1 aromatic heterocycles. The van der Waals surface area contributed by atoms with Gasteiger partial charge in [-0.15, -0.1) is 0 Å². The first-order valence-corrected chi connectivity index (χ1v) is 8.70. The molecule has 0 aliphatic carbocycles. The molecule has 24 heavy (non-hydrogen) atoms. The lowest BCUT2D eigenvalue weighted by molar-refractivity contribution is -0.122. The summed E-state index contributed by atoms with van der Waals surface area (Å²) in [6.45, 7) is 0.366. The lowest BCUT2D eigenvalue weighted by atomic mass is 10.0. The Balaban J connectivity index is 1.68. The van der Waals surface area contributed by atoms with Crippen LogP contribution in [-0.4, -0.2) is 15.1 Å². The van der Waals surface area contributed by atoms with Gasteiger partial charge in [0.15, 0.2) is 0 Å². The van der Waals surface area contributed by atoms with E-state index in [-0.39, 0.29) is 5.91 Å². The van der Waals surface area contributed by atoms with Crippen molar-refractivity contribution in [3.05, 3.63) is 77.1 Å². The van der Waals surface area contributed by atoms with Crippen molar-refractivity contribution in [3.8, 4) is 0 Å². The van der Waals surface area contributed by atoms with Crippen molar-refractivity contribution >= 4 is 51.1 Å². The lowest BCUT2D eigenvalue weighted by Gasteiger charge is -2.12. The number of thiocarbonyl (C=S) groups is 1. The standard InChI is InChI=1S/C19H13NO2S2/c21-18-17(24-19(23)20(18)12-15-8-4-10-22-15)11-14-7-3-6-13-5-1-2-9-16(13)14/h1-11H,12H2/b17-11-. The summed E-state index contributed by atoms with van der Waals surface area (Å²) < 4.78 is 5.88. The first-order valence-electron chi connectivity index (χ1n) is 7.48. The highest BCUT2D eigenvalue weighted by Gasteiger charge is 2.32. The SMILES string of the molecule is O=C1/C(=C/c2cccc3ccccc23)SC(=S)N1Cc1ccco1. The maximum atomic E-state index is 12.7. The molecule has 1 aliphatic rings. The number of nitrogens with zero attached hydrogens (tertiary/aromatic N) is 1. The van der Waals surface area contributed by atoms with Crippen molar-refractivity contribution in [2.45, 2.75) is 6.54 Å². The van der Waals surface area contributed by atoms with Crippen LogP contribution in [-0.2, 0) is 11.3 Å². The highest BCUT2D eigenvalue weighted by Crippen LogP contribution is 2.34. The predicted molar refractivity (Wildman–Crippen MR) is 101 cm³/mol. The molecule has 0 spiro atoms. The summed E-state index contributed by atoms with van der Waals surface area (Å²) >= 11 is 6.70. The summed E-state index contributed by atoms with van der Waals surface area (Å²) in [6.07, 6.45) is 3.52. The van der Waals surface area contributed by atoms with Gasteiger partial charge in [-0.3, -0.25) is 9.69 Å². The molecular weight excluding hydrogens is 338 g/mol. The number of fused-ring (bicyclic) bond motifs is 1. The Morgan fingerprint density at radius 3 is 2.75 bits per heavy atom. The fraction of sp³-hybridized carbons (Fsp3) is 0.0526. The molecule has 2 aromatic carbocycles. The van der Waals surface area contributed by atoms with Gasteiger partial charge in [0.25, 0.3) is 5.91 Å². The van der Waals surface area contributed by atoms with E-state index in [0.717, 1.165) is 22.1 Å². The van der Waals surface area contributed by atoms with Crippen LogP contribution in [0.15, 0.2) is 70.2 Å². The normalized spacial score (nSPS) is 16.5. The van der Waals surface area contributed by atoms with Crippen LogP contribution in [0.5, 0.6) is 0 Å². The van der Waals surface area contributed by atoms with Gasteiger partial charge in [-0.25, -0.2) is 0 Å². The van der Waals surface area contributed by atoms with E-state index in [9.17, 15) is 4.79 Å². The summed E-state index contributed by atoms with van der Waals surface area (Å²) in [5, 5.41) is 2.27. The molecule has 0 radical (unpaired) electrons. The molecule has 0 N–H and O–H groups in total. The Hall–Kier alpha value is -2.37. The molecule has 0 bridgehead atoms. The second-order valence-electron chi connectivity index (χ2n) is 5.42.